The van der Waals surface area contributed by atoms with Crippen LogP contribution in [0.5, 0.6) is 0 Å². The molecule has 23 heavy (non-hydrogen) atoms. The highest BCUT2D eigenvalue weighted by molar-refractivity contribution is 5.96. The van der Waals surface area contributed by atoms with Crippen molar-refractivity contribution in [2.45, 2.75) is 45.4 Å². The number of methoxy groups -OCH3 is 1. The molecule has 0 aliphatic heterocycles. The van der Waals surface area contributed by atoms with Gasteiger partial charge in [0.15, 0.2) is 0 Å². The van der Waals surface area contributed by atoms with E-state index in [0.29, 0.717) is 12.2 Å². The molecule has 1 rings (SSSR count). The molecule has 0 bridgehead atoms. The Hall–Kier alpha value is -1.92. The smallest absolute Gasteiger partial charge is 0.326 e. The summed E-state index contributed by atoms with van der Waals surface area (Å²) in [5.74, 6) is -1.50. The lowest BCUT2D eigenvalue weighted by molar-refractivity contribution is -0.140. The monoisotopic (exact) mass is 323 g/mol. The molecule has 1 aromatic rings. The first-order chi connectivity index (χ1) is 10.7. The first kappa shape index (κ1) is 19.1. The van der Waals surface area contributed by atoms with Crippen LogP contribution < -0.4 is 5.32 Å². The fourth-order valence-electron chi connectivity index (χ4n) is 1.95. The van der Waals surface area contributed by atoms with Gasteiger partial charge in [0.2, 0.25) is 0 Å². The second kappa shape index (κ2) is 8.64. The number of hydrogen-bond donors (Lipinski definition) is 2. The summed E-state index contributed by atoms with van der Waals surface area (Å²) < 4.78 is 10.5. The molecule has 2 N–H and O–H groups in total. The summed E-state index contributed by atoms with van der Waals surface area (Å²) in [6.45, 7) is 6.32. The Bertz CT molecular complexity index is 536. The summed E-state index contributed by atoms with van der Waals surface area (Å²) in [5.41, 5.74) is 0.910. The van der Waals surface area contributed by atoms with E-state index in [-0.39, 0.29) is 18.6 Å². The third-order valence-corrected chi connectivity index (χ3v) is 3.05. The van der Waals surface area contributed by atoms with Crippen molar-refractivity contribution in [1.82, 2.24) is 5.32 Å². The highest BCUT2D eigenvalue weighted by atomic mass is 16.5. The molecular weight excluding hydrogens is 298 g/mol. The van der Waals surface area contributed by atoms with Crippen molar-refractivity contribution in [3.8, 4) is 0 Å². The first-order valence-corrected chi connectivity index (χ1v) is 7.48. The first-order valence-electron chi connectivity index (χ1n) is 7.48. The molecule has 0 radical (unpaired) electrons. The molecule has 128 valence electrons. The van der Waals surface area contributed by atoms with Crippen molar-refractivity contribution in [2.24, 2.45) is 0 Å². The zero-order chi connectivity index (χ0) is 17.5. The molecule has 0 aliphatic rings. The molecule has 1 aromatic carbocycles. The van der Waals surface area contributed by atoms with Gasteiger partial charge < -0.3 is 19.9 Å². The van der Waals surface area contributed by atoms with E-state index in [1.165, 1.54) is 0 Å². The van der Waals surface area contributed by atoms with Gasteiger partial charge in [-0.25, -0.2) is 4.79 Å². The SMILES string of the molecule is COCc1cccc(C(=O)NC(CCOC(C)(C)C)C(=O)O)c1. The molecule has 0 saturated heterocycles. The van der Waals surface area contributed by atoms with Crippen LogP contribution in [0.3, 0.4) is 0 Å². The lowest BCUT2D eigenvalue weighted by Gasteiger charge is -2.21. The maximum Gasteiger partial charge on any atom is 0.326 e. The molecule has 0 aromatic heterocycles. The molecule has 1 amide bonds. The normalized spacial score (nSPS) is 12.7. The predicted octanol–water partition coefficient (Wildman–Crippen LogP) is 2.22. The Morgan fingerprint density at radius 2 is 2.00 bits per heavy atom. The van der Waals surface area contributed by atoms with Crippen LogP contribution in [0.4, 0.5) is 0 Å². The predicted molar refractivity (Wildman–Crippen MR) is 86.4 cm³/mol. The Balaban J connectivity index is 2.67. The molecule has 1 atom stereocenters. The zero-order valence-corrected chi connectivity index (χ0v) is 14.1. The second-order valence-electron chi connectivity index (χ2n) is 6.25. The minimum Gasteiger partial charge on any atom is -0.480 e. The molecule has 0 fully saturated rings. The average molecular weight is 323 g/mol. The third kappa shape index (κ3) is 7.25. The number of hydrogen-bond acceptors (Lipinski definition) is 4. The molecule has 1 unspecified atom stereocenters. The third-order valence-electron chi connectivity index (χ3n) is 3.05. The van der Waals surface area contributed by atoms with Crippen LogP contribution in [0.2, 0.25) is 0 Å². The lowest BCUT2D eigenvalue weighted by atomic mass is 10.1. The minimum atomic E-state index is -1.08. The van der Waals surface area contributed by atoms with Crippen LogP contribution in [0, 0.1) is 0 Å². The second-order valence-corrected chi connectivity index (χ2v) is 6.25. The number of aliphatic carboxylic acids is 1. The highest BCUT2D eigenvalue weighted by Gasteiger charge is 2.22. The van der Waals surface area contributed by atoms with Gasteiger partial charge in [-0.2, -0.15) is 0 Å². The number of rotatable bonds is 8. The van der Waals surface area contributed by atoms with Gasteiger partial charge in [-0.1, -0.05) is 12.1 Å². The van der Waals surface area contributed by atoms with Crippen molar-refractivity contribution in [3.63, 3.8) is 0 Å². The summed E-state index contributed by atoms with van der Waals surface area (Å²) in [6, 6.07) is 5.91. The van der Waals surface area contributed by atoms with Gasteiger partial charge in [0.25, 0.3) is 5.91 Å². The van der Waals surface area contributed by atoms with Gasteiger partial charge in [-0.3, -0.25) is 4.79 Å². The maximum absolute atomic E-state index is 12.2. The molecule has 6 nitrogen and oxygen atoms in total. The van der Waals surface area contributed by atoms with Crippen LogP contribution in [-0.4, -0.2) is 42.3 Å². The molecule has 0 aliphatic carbocycles. The lowest BCUT2D eigenvalue weighted by Crippen LogP contribution is -2.42. The van der Waals surface area contributed by atoms with Crippen LogP contribution in [-0.2, 0) is 20.9 Å². The van der Waals surface area contributed by atoms with Crippen LogP contribution >= 0.6 is 0 Å². The molecule has 0 saturated carbocycles. The summed E-state index contributed by atoms with van der Waals surface area (Å²) in [4.78, 5) is 23.5. The van der Waals surface area contributed by atoms with E-state index in [0.717, 1.165) is 5.56 Å². The number of amides is 1. The van der Waals surface area contributed by atoms with Crippen molar-refractivity contribution in [1.29, 1.82) is 0 Å². The summed E-state index contributed by atoms with van der Waals surface area (Å²) in [5, 5.41) is 11.8. The van der Waals surface area contributed by atoms with E-state index < -0.39 is 17.9 Å². The van der Waals surface area contributed by atoms with Crippen LogP contribution in [0.15, 0.2) is 24.3 Å². The Labute approximate surface area is 136 Å². The highest BCUT2D eigenvalue weighted by Crippen LogP contribution is 2.10. The number of carboxylic acid groups (broad SMARTS) is 1. The van der Waals surface area contributed by atoms with Crippen LogP contribution in [0.1, 0.15) is 43.1 Å². The minimum absolute atomic E-state index is 0.204. The van der Waals surface area contributed by atoms with E-state index in [1.54, 1.807) is 25.3 Å². The fourth-order valence-corrected chi connectivity index (χ4v) is 1.95. The topological polar surface area (TPSA) is 84.9 Å². The van der Waals surface area contributed by atoms with Gasteiger partial charge in [0.1, 0.15) is 6.04 Å². The van der Waals surface area contributed by atoms with Gasteiger partial charge in [-0.05, 0) is 38.5 Å². The fraction of sp³-hybridized carbons (Fsp3) is 0.529. The number of carbonyl (C=O) groups is 2. The Morgan fingerprint density at radius 1 is 1.30 bits per heavy atom. The van der Waals surface area contributed by atoms with Gasteiger partial charge >= 0.3 is 5.97 Å². The maximum atomic E-state index is 12.2. The number of carboxylic acids is 1. The standard InChI is InChI=1S/C17H25NO5/c1-17(2,3)23-9-8-14(16(20)21)18-15(19)13-7-5-6-12(10-13)11-22-4/h5-7,10,14H,8-9,11H2,1-4H3,(H,18,19)(H,20,21). The quantitative estimate of drug-likeness (QED) is 0.766. The summed E-state index contributed by atoms with van der Waals surface area (Å²) in [6.07, 6.45) is 0.204. The van der Waals surface area contributed by atoms with E-state index in [4.69, 9.17) is 9.47 Å². The Morgan fingerprint density at radius 3 is 2.57 bits per heavy atom. The van der Waals surface area contributed by atoms with Crippen molar-refractivity contribution < 1.29 is 24.2 Å². The number of nitrogens with one attached hydrogen (secondary N) is 1. The molecule has 0 spiro atoms. The van der Waals surface area contributed by atoms with E-state index >= 15 is 0 Å². The number of benzene rings is 1. The van der Waals surface area contributed by atoms with Gasteiger partial charge in [-0.15, -0.1) is 0 Å². The molecular formula is C17H25NO5. The zero-order valence-electron chi connectivity index (χ0n) is 14.1. The van der Waals surface area contributed by atoms with Crippen molar-refractivity contribution >= 4 is 11.9 Å². The van der Waals surface area contributed by atoms with Gasteiger partial charge in [0.05, 0.1) is 12.2 Å². The van der Waals surface area contributed by atoms with E-state index in [2.05, 4.69) is 5.32 Å². The average Bonchev–Trinajstić information content (AvgIpc) is 2.45. The number of ether oxygens (including phenoxy) is 2. The number of carbonyl (C=O) groups excluding carboxylic acids is 1. The summed E-state index contributed by atoms with van der Waals surface area (Å²) >= 11 is 0. The van der Waals surface area contributed by atoms with Crippen molar-refractivity contribution in [3.05, 3.63) is 35.4 Å². The molecule has 0 heterocycles. The van der Waals surface area contributed by atoms with Crippen molar-refractivity contribution in [2.75, 3.05) is 13.7 Å². The van der Waals surface area contributed by atoms with Gasteiger partial charge in [0, 0.05) is 25.7 Å². The largest absolute Gasteiger partial charge is 0.480 e. The van der Waals surface area contributed by atoms with E-state index in [9.17, 15) is 14.7 Å². The van der Waals surface area contributed by atoms with Crippen LogP contribution in [0.25, 0.3) is 0 Å². The Kier molecular flexibility index (Phi) is 7.19. The van der Waals surface area contributed by atoms with E-state index in [1.807, 2.05) is 26.8 Å². The summed E-state index contributed by atoms with van der Waals surface area (Å²) in [7, 11) is 1.57. The molecule has 6 heteroatoms.